The summed E-state index contributed by atoms with van der Waals surface area (Å²) in [6.45, 7) is 2.88. The van der Waals surface area contributed by atoms with Crippen LogP contribution in [0.25, 0.3) is 11.3 Å². The van der Waals surface area contributed by atoms with Gasteiger partial charge < -0.3 is 0 Å². The number of hydrogen-bond acceptors (Lipinski definition) is 4. The fraction of sp³-hybridized carbons (Fsp3) is 0.318. The van der Waals surface area contributed by atoms with Crippen LogP contribution in [0.2, 0.25) is 0 Å². The summed E-state index contributed by atoms with van der Waals surface area (Å²) in [5.74, 6) is -1.27. The molecule has 1 fully saturated rings. The van der Waals surface area contributed by atoms with E-state index in [9.17, 15) is 13.6 Å². The van der Waals surface area contributed by atoms with E-state index in [1.807, 2.05) is 12.1 Å². The van der Waals surface area contributed by atoms with Crippen molar-refractivity contribution in [3.63, 3.8) is 0 Å². The number of rotatable bonds is 5. The maximum atomic E-state index is 13.4. The molecule has 0 amide bonds. The highest BCUT2D eigenvalue weighted by atomic mass is 19.2. The fourth-order valence-electron chi connectivity index (χ4n) is 3.72. The average molecular weight is 396 g/mol. The van der Waals surface area contributed by atoms with E-state index in [2.05, 4.69) is 15.0 Å². The van der Waals surface area contributed by atoms with E-state index in [1.165, 1.54) is 12.1 Å². The van der Waals surface area contributed by atoms with Crippen LogP contribution in [0.15, 0.2) is 59.7 Å². The van der Waals surface area contributed by atoms with E-state index in [4.69, 9.17) is 0 Å². The Morgan fingerprint density at radius 2 is 1.72 bits per heavy atom. The maximum absolute atomic E-state index is 13.4. The van der Waals surface area contributed by atoms with Gasteiger partial charge in [0.15, 0.2) is 11.6 Å². The summed E-state index contributed by atoms with van der Waals surface area (Å²) in [5, 5.41) is 4.53. The van der Waals surface area contributed by atoms with Gasteiger partial charge in [-0.3, -0.25) is 14.7 Å². The fourth-order valence-corrected chi connectivity index (χ4v) is 3.72. The van der Waals surface area contributed by atoms with Gasteiger partial charge in [0.05, 0.1) is 5.69 Å². The predicted octanol–water partition coefficient (Wildman–Crippen LogP) is 3.50. The molecule has 0 atom stereocenters. The SMILES string of the molecule is O=c1ccc(-c2ccncc2)nn1CC1CCN(Cc2ccc(F)c(F)c2)CC1. The summed E-state index contributed by atoms with van der Waals surface area (Å²) in [4.78, 5) is 18.5. The van der Waals surface area contributed by atoms with Crippen molar-refractivity contribution in [2.24, 2.45) is 5.92 Å². The Labute approximate surface area is 167 Å². The molecule has 1 aliphatic heterocycles. The second-order valence-corrected chi connectivity index (χ2v) is 7.44. The normalized spacial score (nSPS) is 15.5. The summed E-state index contributed by atoms with van der Waals surface area (Å²) in [5.41, 5.74) is 2.34. The molecular weight excluding hydrogens is 374 g/mol. The molecule has 1 aliphatic rings. The van der Waals surface area contributed by atoms with Crippen molar-refractivity contribution < 1.29 is 8.78 Å². The van der Waals surface area contributed by atoms with Crippen molar-refractivity contribution in [3.8, 4) is 11.3 Å². The molecule has 0 unspecified atom stereocenters. The zero-order valence-corrected chi connectivity index (χ0v) is 16.0. The Morgan fingerprint density at radius 1 is 0.966 bits per heavy atom. The molecule has 0 saturated carbocycles. The number of aromatic nitrogens is 3. The second kappa shape index (κ2) is 8.61. The molecule has 3 aromatic rings. The van der Waals surface area contributed by atoms with E-state index in [1.54, 1.807) is 35.3 Å². The molecule has 0 spiro atoms. The minimum atomic E-state index is -0.820. The molecule has 4 rings (SSSR count). The van der Waals surface area contributed by atoms with Gasteiger partial charge in [-0.05, 0) is 67.7 Å². The van der Waals surface area contributed by atoms with Crippen LogP contribution in [0.1, 0.15) is 18.4 Å². The largest absolute Gasteiger partial charge is 0.299 e. The van der Waals surface area contributed by atoms with Crippen LogP contribution < -0.4 is 5.56 Å². The van der Waals surface area contributed by atoms with Gasteiger partial charge in [0.2, 0.25) is 0 Å². The quantitative estimate of drug-likeness (QED) is 0.663. The van der Waals surface area contributed by atoms with Crippen LogP contribution in [0.3, 0.4) is 0 Å². The molecule has 29 heavy (non-hydrogen) atoms. The van der Waals surface area contributed by atoms with Gasteiger partial charge in [0, 0.05) is 37.1 Å². The summed E-state index contributed by atoms with van der Waals surface area (Å²) in [6, 6.07) is 11.1. The molecule has 7 heteroatoms. The zero-order chi connectivity index (χ0) is 20.2. The molecule has 0 radical (unpaired) electrons. The molecule has 3 heterocycles. The van der Waals surface area contributed by atoms with E-state index in [-0.39, 0.29) is 5.56 Å². The Kier molecular flexibility index (Phi) is 5.76. The number of benzene rings is 1. The molecule has 2 aromatic heterocycles. The van der Waals surface area contributed by atoms with Crippen LogP contribution >= 0.6 is 0 Å². The average Bonchev–Trinajstić information content (AvgIpc) is 2.74. The molecule has 0 bridgehead atoms. The number of pyridine rings is 1. The number of nitrogens with zero attached hydrogens (tertiary/aromatic N) is 4. The molecular formula is C22H22F2N4O. The lowest BCUT2D eigenvalue weighted by molar-refractivity contribution is 0.163. The number of piperidine rings is 1. The van der Waals surface area contributed by atoms with Crippen molar-refractivity contribution in [1.29, 1.82) is 0 Å². The van der Waals surface area contributed by atoms with Crippen LogP contribution in [-0.2, 0) is 13.1 Å². The number of hydrogen-bond donors (Lipinski definition) is 0. The smallest absolute Gasteiger partial charge is 0.266 e. The third-order valence-electron chi connectivity index (χ3n) is 5.37. The Bertz CT molecular complexity index is 1030. The molecule has 1 aromatic carbocycles. The van der Waals surface area contributed by atoms with Crippen molar-refractivity contribution in [2.75, 3.05) is 13.1 Å². The predicted molar refractivity (Wildman–Crippen MR) is 106 cm³/mol. The van der Waals surface area contributed by atoms with Gasteiger partial charge in [0.25, 0.3) is 5.56 Å². The Balaban J connectivity index is 1.37. The first-order valence-corrected chi connectivity index (χ1v) is 9.73. The van der Waals surface area contributed by atoms with Gasteiger partial charge in [-0.15, -0.1) is 0 Å². The Morgan fingerprint density at radius 3 is 2.45 bits per heavy atom. The highest BCUT2D eigenvalue weighted by Crippen LogP contribution is 2.21. The van der Waals surface area contributed by atoms with Gasteiger partial charge in [-0.2, -0.15) is 5.10 Å². The van der Waals surface area contributed by atoms with E-state index in [0.29, 0.717) is 19.0 Å². The third kappa shape index (κ3) is 4.74. The zero-order valence-electron chi connectivity index (χ0n) is 16.0. The highest BCUT2D eigenvalue weighted by molar-refractivity contribution is 5.56. The number of halogens is 2. The minimum Gasteiger partial charge on any atom is -0.299 e. The first kappa shape index (κ1) is 19.4. The van der Waals surface area contributed by atoms with Gasteiger partial charge >= 0.3 is 0 Å². The van der Waals surface area contributed by atoms with Gasteiger partial charge in [0.1, 0.15) is 0 Å². The number of likely N-dealkylation sites (tertiary alicyclic amines) is 1. The van der Waals surface area contributed by atoms with Crippen LogP contribution in [0, 0.1) is 17.6 Å². The highest BCUT2D eigenvalue weighted by Gasteiger charge is 2.21. The van der Waals surface area contributed by atoms with Crippen LogP contribution in [0.4, 0.5) is 8.78 Å². The monoisotopic (exact) mass is 396 g/mol. The van der Waals surface area contributed by atoms with Crippen molar-refractivity contribution >= 4 is 0 Å². The first-order chi connectivity index (χ1) is 14.1. The summed E-state index contributed by atoms with van der Waals surface area (Å²) in [6.07, 6.45) is 5.26. The van der Waals surface area contributed by atoms with Crippen LogP contribution in [0.5, 0.6) is 0 Å². The van der Waals surface area contributed by atoms with Crippen molar-refractivity contribution in [2.45, 2.75) is 25.9 Å². The topological polar surface area (TPSA) is 51.0 Å². The summed E-state index contributed by atoms with van der Waals surface area (Å²) >= 11 is 0. The summed E-state index contributed by atoms with van der Waals surface area (Å²) < 4.78 is 28.0. The van der Waals surface area contributed by atoms with Gasteiger partial charge in [-0.1, -0.05) is 6.07 Å². The maximum Gasteiger partial charge on any atom is 0.266 e. The molecule has 1 saturated heterocycles. The third-order valence-corrected chi connectivity index (χ3v) is 5.37. The second-order valence-electron chi connectivity index (χ2n) is 7.44. The van der Waals surface area contributed by atoms with Crippen molar-refractivity contribution in [3.05, 3.63) is 82.4 Å². The van der Waals surface area contributed by atoms with E-state index >= 15 is 0 Å². The lowest BCUT2D eigenvalue weighted by Gasteiger charge is -2.32. The Hall–Kier alpha value is -2.93. The summed E-state index contributed by atoms with van der Waals surface area (Å²) in [7, 11) is 0. The standard InChI is InChI=1S/C22H22F2N4O/c23-19-2-1-17(13-20(19)24)14-27-11-7-16(8-12-27)15-28-22(29)4-3-21(26-28)18-5-9-25-10-6-18/h1-6,9-10,13,16H,7-8,11-12,14-15H2. The van der Waals surface area contributed by atoms with Crippen molar-refractivity contribution in [1.82, 2.24) is 19.7 Å². The first-order valence-electron chi connectivity index (χ1n) is 9.73. The minimum absolute atomic E-state index is 0.105. The molecule has 0 N–H and O–H groups in total. The molecule has 0 aliphatic carbocycles. The van der Waals surface area contributed by atoms with E-state index < -0.39 is 11.6 Å². The van der Waals surface area contributed by atoms with Gasteiger partial charge in [-0.25, -0.2) is 13.5 Å². The lowest BCUT2D eigenvalue weighted by Crippen LogP contribution is -2.36. The lowest BCUT2D eigenvalue weighted by atomic mass is 9.96. The van der Waals surface area contributed by atoms with E-state index in [0.717, 1.165) is 42.8 Å². The van der Waals surface area contributed by atoms with Crippen LogP contribution in [-0.4, -0.2) is 32.8 Å². The molecule has 150 valence electrons. The molecule has 5 nitrogen and oxygen atoms in total.